The van der Waals surface area contributed by atoms with Crippen LogP contribution in [0.5, 0.6) is 0 Å². The summed E-state index contributed by atoms with van der Waals surface area (Å²) in [5, 5.41) is 5.46. The summed E-state index contributed by atoms with van der Waals surface area (Å²) in [5.41, 5.74) is 2.42. The van der Waals surface area contributed by atoms with E-state index in [1.165, 1.54) is 19.3 Å². The molecule has 3 heteroatoms. The molecule has 2 aromatic rings. The van der Waals surface area contributed by atoms with Crippen LogP contribution in [0.1, 0.15) is 33.1 Å². The zero-order chi connectivity index (χ0) is 13.5. The first-order valence-electron chi connectivity index (χ1n) is 6.88. The predicted octanol–water partition coefficient (Wildman–Crippen LogP) is 4.88. The summed E-state index contributed by atoms with van der Waals surface area (Å²) in [6, 6.07) is 8.47. The van der Waals surface area contributed by atoms with Crippen LogP contribution in [0, 0.1) is 5.41 Å². The van der Waals surface area contributed by atoms with E-state index in [9.17, 15) is 0 Å². The van der Waals surface area contributed by atoms with Crippen LogP contribution in [0.15, 0.2) is 30.5 Å². The third-order valence-corrected chi connectivity index (χ3v) is 4.63. The van der Waals surface area contributed by atoms with E-state index in [0.29, 0.717) is 11.5 Å². The molecule has 1 aromatic carbocycles. The smallest absolute Gasteiger partial charge is 0.0948 e. The highest BCUT2D eigenvalue weighted by molar-refractivity contribution is 6.35. The number of halogens is 1. The lowest BCUT2D eigenvalue weighted by Crippen LogP contribution is -2.30. The van der Waals surface area contributed by atoms with E-state index in [1.54, 1.807) is 0 Å². The van der Waals surface area contributed by atoms with Crippen molar-refractivity contribution >= 4 is 28.2 Å². The molecule has 1 N–H and O–H groups in total. The molecule has 0 bridgehead atoms. The average molecular weight is 275 g/mol. The topological polar surface area (TPSA) is 24.9 Å². The SMILES string of the molecule is CC1(C)CCCC1Nc1ccc(Cl)c2cccnc12. The van der Waals surface area contributed by atoms with E-state index in [1.807, 2.05) is 30.5 Å². The highest BCUT2D eigenvalue weighted by Crippen LogP contribution is 2.40. The van der Waals surface area contributed by atoms with Gasteiger partial charge in [-0.15, -0.1) is 0 Å². The van der Waals surface area contributed by atoms with Gasteiger partial charge in [-0.3, -0.25) is 4.98 Å². The van der Waals surface area contributed by atoms with Crippen LogP contribution >= 0.6 is 11.6 Å². The molecular weight excluding hydrogens is 256 g/mol. The molecule has 0 amide bonds. The van der Waals surface area contributed by atoms with Crippen molar-refractivity contribution in [3.63, 3.8) is 0 Å². The third-order valence-electron chi connectivity index (χ3n) is 4.30. The molecule has 0 spiro atoms. The Hall–Kier alpha value is -1.28. The predicted molar refractivity (Wildman–Crippen MR) is 81.8 cm³/mol. The van der Waals surface area contributed by atoms with Gasteiger partial charge in [-0.1, -0.05) is 31.9 Å². The molecule has 0 aliphatic heterocycles. The summed E-state index contributed by atoms with van der Waals surface area (Å²) < 4.78 is 0. The number of pyridine rings is 1. The van der Waals surface area contributed by atoms with E-state index >= 15 is 0 Å². The normalized spacial score (nSPS) is 21.7. The minimum Gasteiger partial charge on any atom is -0.380 e. The van der Waals surface area contributed by atoms with Crippen LogP contribution in [0.2, 0.25) is 5.02 Å². The average Bonchev–Trinajstić information content (AvgIpc) is 2.72. The first kappa shape index (κ1) is 12.7. The lowest BCUT2D eigenvalue weighted by Gasteiger charge is -2.29. The van der Waals surface area contributed by atoms with E-state index in [4.69, 9.17) is 11.6 Å². The van der Waals surface area contributed by atoms with Gasteiger partial charge in [0, 0.05) is 17.6 Å². The molecule has 0 radical (unpaired) electrons. The number of hydrogen-bond donors (Lipinski definition) is 1. The van der Waals surface area contributed by atoms with Crippen molar-refractivity contribution in [2.75, 3.05) is 5.32 Å². The van der Waals surface area contributed by atoms with E-state index < -0.39 is 0 Å². The number of nitrogens with zero attached hydrogens (tertiary/aromatic N) is 1. The lowest BCUT2D eigenvalue weighted by molar-refractivity contribution is 0.350. The molecule has 1 heterocycles. The molecule has 2 nitrogen and oxygen atoms in total. The maximum Gasteiger partial charge on any atom is 0.0948 e. The van der Waals surface area contributed by atoms with Gasteiger partial charge in [0.15, 0.2) is 0 Å². The number of fused-ring (bicyclic) bond motifs is 1. The van der Waals surface area contributed by atoms with Crippen molar-refractivity contribution in [2.45, 2.75) is 39.2 Å². The van der Waals surface area contributed by atoms with Gasteiger partial charge in [0.25, 0.3) is 0 Å². The van der Waals surface area contributed by atoms with Gasteiger partial charge in [0.05, 0.1) is 16.2 Å². The molecule has 1 atom stereocenters. The van der Waals surface area contributed by atoms with Crippen LogP contribution in [0.4, 0.5) is 5.69 Å². The van der Waals surface area contributed by atoms with E-state index in [2.05, 4.69) is 24.1 Å². The monoisotopic (exact) mass is 274 g/mol. The number of anilines is 1. The molecule has 19 heavy (non-hydrogen) atoms. The fraction of sp³-hybridized carbons (Fsp3) is 0.438. The second-order valence-electron chi connectivity index (χ2n) is 6.07. The maximum absolute atomic E-state index is 6.23. The first-order chi connectivity index (χ1) is 9.08. The lowest BCUT2D eigenvalue weighted by atomic mass is 9.87. The largest absolute Gasteiger partial charge is 0.380 e. The number of rotatable bonds is 2. The number of benzene rings is 1. The summed E-state index contributed by atoms with van der Waals surface area (Å²) >= 11 is 6.23. The number of aromatic nitrogens is 1. The Kier molecular flexibility index (Phi) is 3.14. The zero-order valence-electron chi connectivity index (χ0n) is 11.4. The van der Waals surface area contributed by atoms with Gasteiger partial charge in [0.1, 0.15) is 0 Å². The fourth-order valence-electron chi connectivity index (χ4n) is 3.04. The number of nitrogens with one attached hydrogen (secondary N) is 1. The molecule has 1 aliphatic rings. The van der Waals surface area contributed by atoms with Crippen molar-refractivity contribution in [3.8, 4) is 0 Å². The molecular formula is C16H19ClN2. The van der Waals surface area contributed by atoms with Crippen molar-refractivity contribution < 1.29 is 0 Å². The Morgan fingerprint density at radius 3 is 2.89 bits per heavy atom. The summed E-state index contributed by atoms with van der Waals surface area (Å²) in [6.45, 7) is 4.67. The zero-order valence-corrected chi connectivity index (χ0v) is 12.2. The third kappa shape index (κ3) is 2.30. The Balaban J connectivity index is 2.00. The van der Waals surface area contributed by atoms with Gasteiger partial charge >= 0.3 is 0 Å². The van der Waals surface area contributed by atoms with Crippen LogP contribution in [-0.2, 0) is 0 Å². The molecule has 1 aliphatic carbocycles. The first-order valence-corrected chi connectivity index (χ1v) is 7.25. The molecule has 3 rings (SSSR count). The molecule has 1 saturated carbocycles. The quantitative estimate of drug-likeness (QED) is 0.844. The second kappa shape index (κ2) is 4.68. The highest BCUT2D eigenvalue weighted by Gasteiger charge is 2.34. The van der Waals surface area contributed by atoms with Gasteiger partial charge < -0.3 is 5.32 Å². The molecule has 1 aromatic heterocycles. The van der Waals surface area contributed by atoms with Gasteiger partial charge in [-0.2, -0.15) is 0 Å². The standard InChI is InChI=1S/C16H19ClN2/c1-16(2)9-3-6-14(16)19-13-8-7-12(17)11-5-4-10-18-15(11)13/h4-5,7-8,10,14,19H,3,6,9H2,1-2H3. The molecule has 100 valence electrons. The molecule has 1 fully saturated rings. The maximum atomic E-state index is 6.23. The van der Waals surface area contributed by atoms with Crippen molar-refractivity contribution in [3.05, 3.63) is 35.5 Å². The second-order valence-corrected chi connectivity index (χ2v) is 6.48. The summed E-state index contributed by atoms with van der Waals surface area (Å²) in [7, 11) is 0. The minimum atomic E-state index is 0.348. The van der Waals surface area contributed by atoms with Crippen LogP contribution in [0.25, 0.3) is 10.9 Å². The summed E-state index contributed by atoms with van der Waals surface area (Å²) in [5.74, 6) is 0. The summed E-state index contributed by atoms with van der Waals surface area (Å²) in [6.07, 6.45) is 5.63. The van der Waals surface area contributed by atoms with Crippen molar-refractivity contribution in [2.24, 2.45) is 5.41 Å². The van der Waals surface area contributed by atoms with Crippen molar-refractivity contribution in [1.29, 1.82) is 0 Å². The Morgan fingerprint density at radius 1 is 1.32 bits per heavy atom. The Morgan fingerprint density at radius 2 is 2.16 bits per heavy atom. The fourth-order valence-corrected chi connectivity index (χ4v) is 3.25. The van der Waals surface area contributed by atoms with Crippen LogP contribution < -0.4 is 5.32 Å². The molecule has 0 saturated heterocycles. The van der Waals surface area contributed by atoms with Gasteiger partial charge in [-0.05, 0) is 42.5 Å². The van der Waals surface area contributed by atoms with E-state index in [0.717, 1.165) is 21.6 Å². The Labute approximate surface area is 119 Å². The summed E-state index contributed by atoms with van der Waals surface area (Å²) in [4.78, 5) is 4.48. The molecule has 1 unspecified atom stereocenters. The number of hydrogen-bond acceptors (Lipinski definition) is 2. The minimum absolute atomic E-state index is 0.348. The highest BCUT2D eigenvalue weighted by atomic mass is 35.5. The van der Waals surface area contributed by atoms with Gasteiger partial charge in [0.2, 0.25) is 0 Å². The van der Waals surface area contributed by atoms with Crippen LogP contribution in [0.3, 0.4) is 0 Å². The van der Waals surface area contributed by atoms with Gasteiger partial charge in [-0.25, -0.2) is 0 Å². The van der Waals surface area contributed by atoms with E-state index in [-0.39, 0.29) is 0 Å². The Bertz CT molecular complexity index is 607. The van der Waals surface area contributed by atoms with Crippen molar-refractivity contribution in [1.82, 2.24) is 4.98 Å². The van der Waals surface area contributed by atoms with Crippen LogP contribution in [-0.4, -0.2) is 11.0 Å².